The van der Waals surface area contributed by atoms with Crippen molar-refractivity contribution >= 4 is 27.3 Å². The third kappa shape index (κ3) is 3.20. The zero-order valence-electron chi connectivity index (χ0n) is 14.8. The van der Waals surface area contributed by atoms with Crippen LogP contribution in [-0.2, 0) is 19.6 Å². The first-order valence-corrected chi connectivity index (χ1v) is 9.71. The summed E-state index contributed by atoms with van der Waals surface area (Å²) in [5.74, 6) is 0.211. The summed E-state index contributed by atoms with van der Waals surface area (Å²) in [5.41, 5.74) is 0.747. The van der Waals surface area contributed by atoms with Crippen molar-refractivity contribution in [1.82, 2.24) is 14.6 Å². The monoisotopic (exact) mass is 404 g/mol. The number of anilines is 1. The van der Waals surface area contributed by atoms with E-state index in [1.54, 1.807) is 12.1 Å². The average Bonchev–Trinajstić information content (AvgIpc) is 3.19. The van der Waals surface area contributed by atoms with Gasteiger partial charge in [0.05, 0.1) is 12.8 Å². The Bertz CT molecular complexity index is 1140. The summed E-state index contributed by atoms with van der Waals surface area (Å²) in [6.45, 7) is 0.263. The molecule has 10 nitrogen and oxygen atoms in total. The summed E-state index contributed by atoms with van der Waals surface area (Å²) in [6, 6.07) is 7.60. The van der Waals surface area contributed by atoms with Crippen LogP contribution < -0.4 is 13.8 Å². The molecule has 0 saturated heterocycles. The van der Waals surface area contributed by atoms with E-state index in [0.717, 1.165) is 4.31 Å². The summed E-state index contributed by atoms with van der Waals surface area (Å²) in [5, 5.41) is 7.59. The van der Waals surface area contributed by atoms with E-state index in [0.29, 0.717) is 30.4 Å². The number of sulfonamides is 1. The third-order valence-electron chi connectivity index (χ3n) is 4.17. The second kappa shape index (κ2) is 7.00. The standard InChI is InChI=1S/C17H16N4O6S/c1-25-17(22)10-21(12-2-4-14-15(8-12)27-7-6-26-14)28(23,24)13-3-5-16-19-18-11-20(16)9-13/h2-5,8-9,11H,6-7,10H2,1H3. The van der Waals surface area contributed by atoms with E-state index in [4.69, 9.17) is 9.47 Å². The van der Waals surface area contributed by atoms with Gasteiger partial charge in [0.1, 0.15) is 31.0 Å². The highest BCUT2D eigenvalue weighted by Gasteiger charge is 2.29. The van der Waals surface area contributed by atoms with Gasteiger partial charge in [-0.15, -0.1) is 10.2 Å². The van der Waals surface area contributed by atoms with E-state index in [1.807, 2.05) is 0 Å². The first-order valence-electron chi connectivity index (χ1n) is 8.27. The van der Waals surface area contributed by atoms with Crippen LogP contribution in [0.2, 0.25) is 0 Å². The van der Waals surface area contributed by atoms with E-state index >= 15 is 0 Å². The summed E-state index contributed by atoms with van der Waals surface area (Å²) >= 11 is 0. The number of aromatic nitrogens is 3. The van der Waals surface area contributed by atoms with Gasteiger partial charge in [0.15, 0.2) is 17.1 Å². The van der Waals surface area contributed by atoms with Crippen molar-refractivity contribution in [2.24, 2.45) is 0 Å². The molecule has 0 aliphatic carbocycles. The van der Waals surface area contributed by atoms with Gasteiger partial charge in [-0.3, -0.25) is 13.5 Å². The SMILES string of the molecule is COC(=O)CN(c1ccc2c(c1)OCCO2)S(=O)(=O)c1ccc2nncn2c1. The number of benzene rings is 1. The Kier molecular flexibility index (Phi) is 4.51. The highest BCUT2D eigenvalue weighted by atomic mass is 32.2. The summed E-state index contributed by atoms with van der Waals surface area (Å²) in [6.07, 6.45) is 2.77. The molecule has 1 aliphatic rings. The summed E-state index contributed by atoms with van der Waals surface area (Å²) in [7, 11) is -2.90. The Morgan fingerprint density at radius 2 is 2.00 bits per heavy atom. The van der Waals surface area contributed by atoms with E-state index in [-0.39, 0.29) is 10.6 Å². The van der Waals surface area contributed by atoms with Gasteiger partial charge in [-0.2, -0.15) is 0 Å². The number of hydrogen-bond acceptors (Lipinski definition) is 8. The number of carbonyl (C=O) groups is 1. The lowest BCUT2D eigenvalue weighted by molar-refractivity contribution is -0.138. The molecule has 0 bridgehead atoms. The lowest BCUT2D eigenvalue weighted by Crippen LogP contribution is -2.36. The molecule has 0 atom stereocenters. The highest BCUT2D eigenvalue weighted by molar-refractivity contribution is 7.92. The molecular formula is C17H16N4O6S. The predicted molar refractivity (Wildman–Crippen MR) is 97.0 cm³/mol. The molecule has 0 radical (unpaired) electrons. The predicted octanol–water partition coefficient (Wildman–Crippen LogP) is 0.869. The zero-order chi connectivity index (χ0) is 19.7. The second-order valence-corrected chi connectivity index (χ2v) is 7.74. The van der Waals surface area contributed by atoms with Crippen molar-refractivity contribution in [1.29, 1.82) is 0 Å². The first kappa shape index (κ1) is 18.0. The fraction of sp³-hybridized carbons (Fsp3) is 0.235. The second-order valence-electron chi connectivity index (χ2n) is 5.88. The largest absolute Gasteiger partial charge is 0.486 e. The molecule has 4 rings (SSSR count). The molecule has 0 saturated carbocycles. The van der Waals surface area contributed by atoms with Crippen molar-refractivity contribution in [2.45, 2.75) is 4.90 Å². The molecule has 28 heavy (non-hydrogen) atoms. The van der Waals surface area contributed by atoms with Crippen LogP contribution in [0.3, 0.4) is 0 Å². The minimum atomic E-state index is -4.10. The number of hydrogen-bond donors (Lipinski definition) is 0. The zero-order valence-corrected chi connectivity index (χ0v) is 15.6. The molecule has 0 fully saturated rings. The smallest absolute Gasteiger partial charge is 0.326 e. The van der Waals surface area contributed by atoms with E-state index in [2.05, 4.69) is 14.9 Å². The van der Waals surface area contributed by atoms with Gasteiger partial charge in [-0.25, -0.2) is 8.42 Å². The Balaban J connectivity index is 1.79. The normalized spacial score (nSPS) is 13.3. The van der Waals surface area contributed by atoms with Gasteiger partial charge in [0, 0.05) is 12.3 Å². The van der Waals surface area contributed by atoms with Gasteiger partial charge >= 0.3 is 5.97 Å². The molecule has 2 aromatic heterocycles. The summed E-state index contributed by atoms with van der Waals surface area (Å²) < 4.78 is 44.7. The molecule has 0 N–H and O–H groups in total. The van der Waals surface area contributed by atoms with Gasteiger partial charge < -0.3 is 14.2 Å². The minimum Gasteiger partial charge on any atom is -0.486 e. The van der Waals surface area contributed by atoms with E-state index in [9.17, 15) is 13.2 Å². The lowest BCUT2D eigenvalue weighted by atomic mass is 10.2. The number of ether oxygens (including phenoxy) is 3. The molecule has 0 amide bonds. The number of pyridine rings is 1. The fourth-order valence-electron chi connectivity index (χ4n) is 2.77. The molecular weight excluding hydrogens is 388 g/mol. The molecule has 1 aliphatic heterocycles. The van der Waals surface area contributed by atoms with Crippen LogP contribution in [0.25, 0.3) is 5.65 Å². The maximum atomic E-state index is 13.3. The van der Waals surface area contributed by atoms with Crippen molar-refractivity contribution < 1.29 is 27.4 Å². The Morgan fingerprint density at radius 1 is 1.21 bits per heavy atom. The number of rotatable bonds is 5. The highest BCUT2D eigenvalue weighted by Crippen LogP contribution is 2.35. The van der Waals surface area contributed by atoms with Gasteiger partial charge in [-0.05, 0) is 24.3 Å². The van der Waals surface area contributed by atoms with Crippen molar-refractivity contribution in [3.8, 4) is 11.5 Å². The third-order valence-corrected chi connectivity index (χ3v) is 5.92. The Labute approximate surface area is 160 Å². The number of nitrogens with zero attached hydrogens (tertiary/aromatic N) is 4. The van der Waals surface area contributed by atoms with Crippen LogP contribution in [0.15, 0.2) is 47.8 Å². The van der Waals surface area contributed by atoms with Crippen molar-refractivity contribution in [3.63, 3.8) is 0 Å². The van der Waals surface area contributed by atoms with Crippen molar-refractivity contribution in [2.75, 3.05) is 31.2 Å². The van der Waals surface area contributed by atoms with Crippen molar-refractivity contribution in [3.05, 3.63) is 42.9 Å². The molecule has 0 unspecified atom stereocenters. The van der Waals surface area contributed by atoms with Gasteiger partial charge in [-0.1, -0.05) is 0 Å². The van der Waals surface area contributed by atoms with Crippen LogP contribution >= 0.6 is 0 Å². The quantitative estimate of drug-likeness (QED) is 0.576. The van der Waals surface area contributed by atoms with E-state index < -0.39 is 22.5 Å². The first-order chi connectivity index (χ1) is 13.5. The fourth-order valence-corrected chi connectivity index (χ4v) is 4.18. The Hall–Kier alpha value is -3.34. The van der Waals surface area contributed by atoms with Crippen LogP contribution in [0.1, 0.15) is 0 Å². The van der Waals surface area contributed by atoms with Crippen LogP contribution in [0.4, 0.5) is 5.69 Å². The molecule has 0 spiro atoms. The topological polar surface area (TPSA) is 112 Å². The number of methoxy groups -OCH3 is 1. The number of fused-ring (bicyclic) bond motifs is 2. The number of esters is 1. The molecule has 11 heteroatoms. The Morgan fingerprint density at radius 3 is 2.79 bits per heavy atom. The van der Waals surface area contributed by atoms with Crippen LogP contribution in [0.5, 0.6) is 11.5 Å². The maximum absolute atomic E-state index is 13.3. The number of carbonyl (C=O) groups excluding carboxylic acids is 1. The molecule has 3 aromatic rings. The van der Waals surface area contributed by atoms with Crippen LogP contribution in [0, 0.1) is 0 Å². The molecule has 3 heterocycles. The summed E-state index contributed by atoms with van der Waals surface area (Å²) in [4.78, 5) is 11.9. The molecule has 1 aromatic carbocycles. The minimum absolute atomic E-state index is 0.0291. The van der Waals surface area contributed by atoms with E-state index in [1.165, 1.54) is 42.2 Å². The van der Waals surface area contributed by atoms with Gasteiger partial charge in [0.2, 0.25) is 0 Å². The van der Waals surface area contributed by atoms with Crippen LogP contribution in [-0.4, -0.2) is 55.9 Å². The lowest BCUT2D eigenvalue weighted by Gasteiger charge is -2.25. The molecule has 146 valence electrons. The van der Waals surface area contributed by atoms with Gasteiger partial charge in [0.25, 0.3) is 10.0 Å². The average molecular weight is 404 g/mol. The maximum Gasteiger partial charge on any atom is 0.326 e.